The maximum Gasteiger partial charge on any atom is 0.134 e. The van der Waals surface area contributed by atoms with Crippen LogP contribution >= 0.6 is 0 Å². The molecule has 0 aromatic carbocycles. The summed E-state index contributed by atoms with van der Waals surface area (Å²) in [7, 11) is 0. The van der Waals surface area contributed by atoms with E-state index in [0.717, 1.165) is 13.1 Å². The molecule has 0 aromatic rings. The van der Waals surface area contributed by atoms with Crippen molar-refractivity contribution < 1.29 is 0 Å². The molecule has 46 valence electrons. The summed E-state index contributed by atoms with van der Waals surface area (Å²) in [6.07, 6.45) is 2.46. The van der Waals surface area contributed by atoms with E-state index in [-0.39, 0.29) is 0 Å². The van der Waals surface area contributed by atoms with Gasteiger partial charge in [0.05, 0.1) is 0 Å². The van der Waals surface area contributed by atoms with Gasteiger partial charge < -0.3 is 0 Å². The first kappa shape index (κ1) is 5.69. The minimum atomic E-state index is 0.389. The molecule has 0 spiro atoms. The summed E-state index contributed by atoms with van der Waals surface area (Å²) >= 11 is 0. The first-order chi connectivity index (χ1) is 3.93. The van der Waals surface area contributed by atoms with Crippen molar-refractivity contribution in [2.75, 3.05) is 19.8 Å². The van der Waals surface area contributed by atoms with E-state index in [4.69, 9.17) is 0 Å². The van der Waals surface area contributed by atoms with Crippen LogP contribution in [0.3, 0.4) is 0 Å². The molecule has 1 aliphatic rings. The molecule has 3 nitrogen and oxygen atoms in total. The summed E-state index contributed by atoms with van der Waals surface area (Å²) < 4.78 is 0. The Bertz CT molecular complexity index is 78.5. The van der Waals surface area contributed by atoms with Crippen molar-refractivity contribution in [3.63, 3.8) is 0 Å². The van der Waals surface area contributed by atoms with Crippen LogP contribution in [0.25, 0.3) is 0 Å². The summed E-state index contributed by atoms with van der Waals surface area (Å²) in [4.78, 5) is 11.7. The molecule has 1 saturated heterocycles. The Balaban J connectivity index is 2.14. The Morgan fingerprint density at radius 3 is 2.50 bits per heavy atom. The van der Waals surface area contributed by atoms with Crippen LogP contribution in [-0.2, 0) is 0 Å². The summed E-state index contributed by atoms with van der Waals surface area (Å²) in [5.41, 5.74) is 0. The minimum Gasteiger partial charge on any atom is -0.282 e. The van der Waals surface area contributed by atoms with Crippen molar-refractivity contribution >= 4 is 0 Å². The SMILES string of the molecule is O=NCN1CCCC1. The van der Waals surface area contributed by atoms with Gasteiger partial charge in [0, 0.05) is 13.1 Å². The topological polar surface area (TPSA) is 32.7 Å². The first-order valence-electron chi connectivity index (χ1n) is 2.95. The van der Waals surface area contributed by atoms with E-state index in [9.17, 15) is 4.91 Å². The zero-order valence-electron chi connectivity index (χ0n) is 4.84. The molecule has 0 saturated carbocycles. The van der Waals surface area contributed by atoms with Gasteiger partial charge in [-0.2, -0.15) is 0 Å². The molecule has 3 heteroatoms. The predicted octanol–water partition coefficient (Wildman–Crippen LogP) is 0.806. The third kappa shape index (κ3) is 1.26. The maximum absolute atomic E-state index is 9.67. The van der Waals surface area contributed by atoms with Crippen LogP contribution in [-0.4, -0.2) is 24.7 Å². The molecule has 1 aliphatic heterocycles. The highest BCUT2D eigenvalue weighted by atomic mass is 16.3. The smallest absolute Gasteiger partial charge is 0.134 e. The summed E-state index contributed by atoms with van der Waals surface area (Å²) in [6, 6.07) is 0. The van der Waals surface area contributed by atoms with E-state index < -0.39 is 0 Å². The van der Waals surface area contributed by atoms with E-state index in [2.05, 4.69) is 10.1 Å². The van der Waals surface area contributed by atoms with E-state index in [1.165, 1.54) is 12.8 Å². The molecule has 0 aromatic heterocycles. The summed E-state index contributed by atoms with van der Waals surface area (Å²) in [5.74, 6) is 0. The lowest BCUT2D eigenvalue weighted by molar-refractivity contribution is 0.350. The van der Waals surface area contributed by atoms with Gasteiger partial charge in [0.1, 0.15) is 6.67 Å². The van der Waals surface area contributed by atoms with Crippen LogP contribution in [0, 0.1) is 4.91 Å². The van der Waals surface area contributed by atoms with Gasteiger partial charge in [0.25, 0.3) is 0 Å². The Labute approximate surface area is 48.6 Å². The third-order valence-electron chi connectivity index (χ3n) is 1.46. The molecule has 0 unspecified atom stereocenters. The van der Waals surface area contributed by atoms with Gasteiger partial charge in [0.2, 0.25) is 0 Å². The Morgan fingerprint density at radius 1 is 1.38 bits per heavy atom. The lowest BCUT2D eigenvalue weighted by atomic mass is 10.4. The quantitative estimate of drug-likeness (QED) is 0.497. The highest BCUT2D eigenvalue weighted by molar-refractivity contribution is 4.63. The van der Waals surface area contributed by atoms with Crippen LogP contribution in [0.4, 0.5) is 0 Å². The molecule has 1 rings (SSSR count). The maximum atomic E-state index is 9.67. The fourth-order valence-electron chi connectivity index (χ4n) is 1.01. The zero-order chi connectivity index (χ0) is 5.82. The van der Waals surface area contributed by atoms with Crippen LogP contribution < -0.4 is 0 Å². The van der Waals surface area contributed by atoms with Crippen molar-refractivity contribution in [1.29, 1.82) is 0 Å². The van der Waals surface area contributed by atoms with Crippen molar-refractivity contribution in [3.8, 4) is 0 Å². The number of nitrogens with zero attached hydrogens (tertiary/aromatic N) is 2. The molecule has 0 bridgehead atoms. The molecule has 0 amide bonds. The van der Waals surface area contributed by atoms with Crippen molar-refractivity contribution in [1.82, 2.24) is 4.90 Å². The third-order valence-corrected chi connectivity index (χ3v) is 1.46. The molecule has 1 heterocycles. The number of nitroso groups, excluding NO2 is 1. The standard InChI is InChI=1S/C5H10N2O/c8-6-5-7-3-1-2-4-7/h1-5H2. The molecule has 8 heavy (non-hydrogen) atoms. The van der Waals surface area contributed by atoms with E-state index in [1.54, 1.807) is 0 Å². The van der Waals surface area contributed by atoms with E-state index >= 15 is 0 Å². The normalized spacial score (nSPS) is 21.5. The van der Waals surface area contributed by atoms with Gasteiger partial charge in [-0.25, -0.2) is 0 Å². The number of hydrogen-bond donors (Lipinski definition) is 0. The number of rotatable bonds is 2. The van der Waals surface area contributed by atoms with Crippen LogP contribution in [0.15, 0.2) is 5.18 Å². The number of hydrogen-bond acceptors (Lipinski definition) is 3. The Kier molecular flexibility index (Phi) is 1.97. The number of likely N-dealkylation sites (tertiary alicyclic amines) is 1. The van der Waals surface area contributed by atoms with E-state index in [1.807, 2.05) is 0 Å². The lowest BCUT2D eigenvalue weighted by Gasteiger charge is -2.06. The molecular formula is C5H10N2O. The second-order valence-electron chi connectivity index (χ2n) is 2.10. The molecule has 0 atom stereocenters. The van der Waals surface area contributed by atoms with Gasteiger partial charge in [-0.3, -0.25) is 4.90 Å². The van der Waals surface area contributed by atoms with Gasteiger partial charge in [0.15, 0.2) is 0 Å². The Hall–Kier alpha value is -0.440. The van der Waals surface area contributed by atoms with Crippen molar-refractivity contribution in [3.05, 3.63) is 4.91 Å². The average molecular weight is 114 g/mol. The summed E-state index contributed by atoms with van der Waals surface area (Å²) in [5, 5.41) is 2.79. The predicted molar refractivity (Wildman–Crippen MR) is 31.5 cm³/mol. The molecule has 1 fully saturated rings. The van der Waals surface area contributed by atoms with Crippen molar-refractivity contribution in [2.24, 2.45) is 5.18 Å². The zero-order valence-corrected chi connectivity index (χ0v) is 4.84. The molecule has 0 N–H and O–H groups in total. The summed E-state index contributed by atoms with van der Waals surface area (Å²) in [6.45, 7) is 2.51. The second-order valence-corrected chi connectivity index (χ2v) is 2.10. The monoisotopic (exact) mass is 114 g/mol. The van der Waals surface area contributed by atoms with Gasteiger partial charge in [-0.15, -0.1) is 4.91 Å². The molecule has 0 radical (unpaired) electrons. The van der Waals surface area contributed by atoms with E-state index in [0.29, 0.717) is 6.67 Å². The van der Waals surface area contributed by atoms with Crippen molar-refractivity contribution in [2.45, 2.75) is 12.8 Å². The van der Waals surface area contributed by atoms with Gasteiger partial charge >= 0.3 is 0 Å². The fourth-order valence-corrected chi connectivity index (χ4v) is 1.01. The Morgan fingerprint density at radius 2 is 2.00 bits per heavy atom. The van der Waals surface area contributed by atoms with Crippen LogP contribution in [0.1, 0.15) is 12.8 Å². The molecule has 0 aliphatic carbocycles. The fraction of sp³-hybridized carbons (Fsp3) is 1.00. The average Bonchev–Trinajstić information content (AvgIpc) is 2.19. The lowest BCUT2D eigenvalue weighted by Crippen LogP contribution is -2.18. The largest absolute Gasteiger partial charge is 0.282 e. The van der Waals surface area contributed by atoms with Crippen LogP contribution in [0.2, 0.25) is 0 Å². The van der Waals surface area contributed by atoms with Gasteiger partial charge in [-0.1, -0.05) is 5.18 Å². The second kappa shape index (κ2) is 2.77. The highest BCUT2D eigenvalue weighted by Crippen LogP contribution is 2.05. The van der Waals surface area contributed by atoms with Crippen LogP contribution in [0.5, 0.6) is 0 Å². The minimum absolute atomic E-state index is 0.389. The highest BCUT2D eigenvalue weighted by Gasteiger charge is 2.09. The van der Waals surface area contributed by atoms with Gasteiger partial charge in [-0.05, 0) is 12.8 Å². The molecular weight excluding hydrogens is 104 g/mol. The first-order valence-corrected chi connectivity index (χ1v) is 2.95.